The highest BCUT2D eigenvalue weighted by Crippen LogP contribution is 2.35. The number of nitrogens with one attached hydrogen (secondary N) is 2. The molecule has 1 aliphatic carbocycles. The summed E-state index contributed by atoms with van der Waals surface area (Å²) < 4.78 is 0. The zero-order valence-electron chi connectivity index (χ0n) is 14.1. The molecule has 4 heteroatoms. The molecule has 0 aromatic rings. The highest BCUT2D eigenvalue weighted by molar-refractivity contribution is 5.81. The van der Waals surface area contributed by atoms with Crippen molar-refractivity contribution in [2.45, 2.75) is 69.9 Å². The van der Waals surface area contributed by atoms with Crippen molar-refractivity contribution >= 4 is 5.91 Å². The summed E-state index contributed by atoms with van der Waals surface area (Å²) in [4.78, 5) is 14.8. The first-order chi connectivity index (χ1) is 10.0. The monoisotopic (exact) mass is 295 g/mol. The molecule has 1 saturated heterocycles. The van der Waals surface area contributed by atoms with E-state index in [1.54, 1.807) is 0 Å². The highest BCUT2D eigenvalue weighted by atomic mass is 16.2. The predicted molar refractivity (Wildman–Crippen MR) is 87.3 cm³/mol. The lowest BCUT2D eigenvalue weighted by Gasteiger charge is -2.45. The minimum absolute atomic E-state index is 0.0210. The van der Waals surface area contributed by atoms with Crippen LogP contribution in [0.4, 0.5) is 0 Å². The summed E-state index contributed by atoms with van der Waals surface area (Å²) in [6.45, 7) is 4.11. The first-order valence-electron chi connectivity index (χ1n) is 8.72. The van der Waals surface area contributed by atoms with Crippen molar-refractivity contribution in [3.8, 4) is 0 Å². The topological polar surface area (TPSA) is 44.4 Å². The molecule has 3 unspecified atom stereocenters. The molecular weight excluding hydrogens is 262 g/mol. The zero-order chi connectivity index (χ0) is 15.3. The molecule has 0 aromatic carbocycles. The smallest absolute Gasteiger partial charge is 0.237 e. The second-order valence-corrected chi connectivity index (χ2v) is 7.39. The van der Waals surface area contributed by atoms with E-state index in [0.717, 1.165) is 25.4 Å². The van der Waals surface area contributed by atoms with Gasteiger partial charge in [0.15, 0.2) is 0 Å². The molecule has 4 nitrogen and oxygen atoms in total. The molecule has 0 radical (unpaired) electrons. The largest absolute Gasteiger partial charge is 0.353 e. The van der Waals surface area contributed by atoms with Gasteiger partial charge >= 0.3 is 0 Å². The van der Waals surface area contributed by atoms with E-state index in [2.05, 4.69) is 36.6 Å². The summed E-state index contributed by atoms with van der Waals surface area (Å²) in [5.41, 5.74) is 0.151. The number of likely N-dealkylation sites (N-methyl/N-ethyl adjacent to an activating group) is 1. The van der Waals surface area contributed by atoms with Crippen LogP contribution in [0, 0.1) is 5.92 Å². The van der Waals surface area contributed by atoms with Gasteiger partial charge in [0.05, 0.1) is 6.04 Å². The maximum Gasteiger partial charge on any atom is 0.237 e. The van der Waals surface area contributed by atoms with Gasteiger partial charge in [-0.15, -0.1) is 0 Å². The van der Waals surface area contributed by atoms with Gasteiger partial charge in [-0.2, -0.15) is 0 Å². The molecule has 0 bridgehead atoms. The molecule has 1 amide bonds. The van der Waals surface area contributed by atoms with Crippen LogP contribution < -0.4 is 10.6 Å². The van der Waals surface area contributed by atoms with E-state index in [1.165, 1.54) is 44.9 Å². The first-order valence-corrected chi connectivity index (χ1v) is 8.72. The molecule has 1 heterocycles. The fraction of sp³-hybridized carbons (Fsp3) is 0.941. The minimum atomic E-state index is 0.0210. The Hall–Kier alpha value is -0.610. The lowest BCUT2D eigenvalue weighted by Crippen LogP contribution is -2.57. The number of carbonyl (C=O) groups is 1. The van der Waals surface area contributed by atoms with Crippen molar-refractivity contribution < 1.29 is 4.79 Å². The Morgan fingerprint density at radius 1 is 1.24 bits per heavy atom. The van der Waals surface area contributed by atoms with Gasteiger partial charge in [0.25, 0.3) is 0 Å². The van der Waals surface area contributed by atoms with Crippen LogP contribution in [0.15, 0.2) is 0 Å². The van der Waals surface area contributed by atoms with Crippen LogP contribution >= 0.6 is 0 Å². The van der Waals surface area contributed by atoms with E-state index in [-0.39, 0.29) is 17.5 Å². The van der Waals surface area contributed by atoms with Gasteiger partial charge in [0.1, 0.15) is 0 Å². The van der Waals surface area contributed by atoms with Gasteiger partial charge in [0.2, 0.25) is 5.91 Å². The number of rotatable bonds is 4. The molecule has 1 aliphatic heterocycles. The minimum Gasteiger partial charge on any atom is -0.353 e. The van der Waals surface area contributed by atoms with Gasteiger partial charge in [-0.25, -0.2) is 0 Å². The third-order valence-corrected chi connectivity index (χ3v) is 5.48. The predicted octanol–water partition coefficient (Wildman–Crippen LogP) is 2.15. The van der Waals surface area contributed by atoms with Gasteiger partial charge in [-0.1, -0.05) is 32.6 Å². The molecule has 1 saturated carbocycles. The highest BCUT2D eigenvalue weighted by Gasteiger charge is 2.37. The van der Waals surface area contributed by atoms with Crippen LogP contribution in [0.25, 0.3) is 0 Å². The standard InChI is InChI=1S/C17H33N3O/c1-14-8-7-10-17(12-14,20(2)3)13-19-16(21)15-9-5-4-6-11-18-15/h14-15,18H,4-13H2,1-3H3,(H,19,21). The lowest BCUT2D eigenvalue weighted by molar-refractivity contribution is -0.124. The van der Waals surface area contributed by atoms with Crippen molar-refractivity contribution in [1.29, 1.82) is 0 Å². The molecule has 21 heavy (non-hydrogen) atoms. The fourth-order valence-electron chi connectivity index (χ4n) is 3.98. The van der Waals surface area contributed by atoms with E-state index in [0.29, 0.717) is 0 Å². The van der Waals surface area contributed by atoms with Gasteiger partial charge < -0.3 is 15.5 Å². The van der Waals surface area contributed by atoms with Gasteiger partial charge in [-0.05, 0) is 52.2 Å². The third kappa shape index (κ3) is 4.43. The second kappa shape index (κ2) is 7.59. The summed E-state index contributed by atoms with van der Waals surface area (Å²) in [6, 6.07) is 0.0210. The van der Waals surface area contributed by atoms with Gasteiger partial charge in [0, 0.05) is 12.1 Å². The average molecular weight is 295 g/mol. The summed E-state index contributed by atoms with van der Waals surface area (Å²) in [6.07, 6.45) is 9.59. The van der Waals surface area contributed by atoms with Crippen LogP contribution in [0.1, 0.15) is 58.3 Å². The Morgan fingerprint density at radius 3 is 2.76 bits per heavy atom. The van der Waals surface area contributed by atoms with Gasteiger partial charge in [-0.3, -0.25) is 4.79 Å². The van der Waals surface area contributed by atoms with E-state index >= 15 is 0 Å². The summed E-state index contributed by atoms with van der Waals surface area (Å²) >= 11 is 0. The number of hydrogen-bond acceptors (Lipinski definition) is 3. The molecule has 122 valence electrons. The molecular formula is C17H33N3O. The summed E-state index contributed by atoms with van der Waals surface area (Å²) in [5, 5.41) is 6.64. The normalized spacial score (nSPS) is 34.5. The third-order valence-electron chi connectivity index (χ3n) is 5.48. The number of hydrogen-bond donors (Lipinski definition) is 2. The van der Waals surface area contributed by atoms with Crippen LogP contribution in [0.3, 0.4) is 0 Å². The fourth-order valence-corrected chi connectivity index (χ4v) is 3.98. The van der Waals surface area contributed by atoms with Crippen molar-refractivity contribution in [2.24, 2.45) is 5.92 Å². The van der Waals surface area contributed by atoms with E-state index < -0.39 is 0 Å². The molecule has 0 aromatic heterocycles. The molecule has 3 atom stereocenters. The van der Waals surface area contributed by atoms with Crippen molar-refractivity contribution in [3.05, 3.63) is 0 Å². The lowest BCUT2D eigenvalue weighted by atomic mass is 9.75. The van der Waals surface area contributed by atoms with Crippen LogP contribution in [-0.4, -0.2) is 49.6 Å². The maximum absolute atomic E-state index is 12.4. The Kier molecular flexibility index (Phi) is 6.06. The Balaban J connectivity index is 1.90. The SMILES string of the molecule is CC1CCCC(CNC(=O)C2CCCCCN2)(N(C)C)C1. The molecule has 2 fully saturated rings. The van der Waals surface area contributed by atoms with Crippen LogP contribution in [-0.2, 0) is 4.79 Å². The molecule has 2 rings (SSSR count). The van der Waals surface area contributed by atoms with Crippen molar-refractivity contribution in [1.82, 2.24) is 15.5 Å². The quantitative estimate of drug-likeness (QED) is 0.835. The van der Waals surface area contributed by atoms with Crippen LogP contribution in [0.2, 0.25) is 0 Å². The average Bonchev–Trinajstić information content (AvgIpc) is 2.73. The molecule has 2 aliphatic rings. The van der Waals surface area contributed by atoms with E-state index in [4.69, 9.17) is 0 Å². The number of amides is 1. The zero-order valence-corrected chi connectivity index (χ0v) is 14.1. The first kappa shape index (κ1) is 16.8. The van der Waals surface area contributed by atoms with Crippen molar-refractivity contribution in [2.75, 3.05) is 27.2 Å². The van der Waals surface area contributed by atoms with E-state index in [1.807, 2.05) is 0 Å². The van der Waals surface area contributed by atoms with E-state index in [9.17, 15) is 4.79 Å². The summed E-state index contributed by atoms with van der Waals surface area (Å²) in [7, 11) is 4.32. The van der Waals surface area contributed by atoms with Crippen molar-refractivity contribution in [3.63, 3.8) is 0 Å². The Labute approximate surface area is 130 Å². The van der Waals surface area contributed by atoms with Crippen LogP contribution in [0.5, 0.6) is 0 Å². The Morgan fingerprint density at radius 2 is 2.05 bits per heavy atom. The molecule has 2 N–H and O–H groups in total. The number of nitrogens with zero attached hydrogens (tertiary/aromatic N) is 1. The summed E-state index contributed by atoms with van der Waals surface area (Å²) in [5.74, 6) is 0.963. The number of carbonyl (C=O) groups excluding carboxylic acids is 1. The maximum atomic E-state index is 12.4. The molecule has 0 spiro atoms. The second-order valence-electron chi connectivity index (χ2n) is 7.39. The Bertz CT molecular complexity index is 337.